The van der Waals surface area contributed by atoms with Crippen LogP contribution in [0.1, 0.15) is 18.4 Å². The van der Waals surface area contributed by atoms with Gasteiger partial charge in [-0.2, -0.15) is 0 Å². The maximum Gasteiger partial charge on any atom is 0.312 e. The second-order valence-electron chi connectivity index (χ2n) is 5.00. The highest BCUT2D eigenvalue weighted by molar-refractivity contribution is 6.33. The fourth-order valence-corrected chi connectivity index (χ4v) is 2.64. The molecule has 1 aromatic rings. The zero-order valence-corrected chi connectivity index (χ0v) is 12.2. The van der Waals surface area contributed by atoms with Crippen LogP contribution in [0.2, 0.25) is 5.02 Å². The van der Waals surface area contributed by atoms with Gasteiger partial charge in [0.25, 0.3) is 0 Å². The molecule has 20 heavy (non-hydrogen) atoms. The molecule has 110 valence electrons. The van der Waals surface area contributed by atoms with Gasteiger partial charge < -0.3 is 19.8 Å². The van der Waals surface area contributed by atoms with Crippen molar-refractivity contribution in [3.05, 3.63) is 28.8 Å². The lowest BCUT2D eigenvalue weighted by atomic mass is 10.0. The molecule has 0 radical (unpaired) electrons. The van der Waals surface area contributed by atoms with Crippen molar-refractivity contribution >= 4 is 23.3 Å². The second-order valence-corrected chi connectivity index (χ2v) is 5.40. The second kappa shape index (κ2) is 5.99. The van der Waals surface area contributed by atoms with E-state index >= 15 is 0 Å². The van der Waals surface area contributed by atoms with E-state index in [0.717, 1.165) is 11.3 Å². The molecule has 0 aromatic heterocycles. The van der Waals surface area contributed by atoms with Crippen LogP contribution in [0.15, 0.2) is 18.2 Å². The highest BCUT2D eigenvalue weighted by atomic mass is 35.5. The molecule has 0 aliphatic carbocycles. The van der Waals surface area contributed by atoms with Crippen molar-refractivity contribution in [3.63, 3.8) is 0 Å². The predicted octanol–water partition coefficient (Wildman–Crippen LogP) is 1.16. The van der Waals surface area contributed by atoms with Crippen molar-refractivity contribution in [3.8, 4) is 0 Å². The van der Waals surface area contributed by atoms with Crippen LogP contribution in [0.4, 0.5) is 5.69 Å². The fourth-order valence-electron chi connectivity index (χ4n) is 2.33. The molecule has 2 rings (SSSR count). The van der Waals surface area contributed by atoms with Crippen molar-refractivity contribution in [2.45, 2.75) is 25.0 Å². The van der Waals surface area contributed by atoms with E-state index in [4.69, 9.17) is 16.3 Å². The first kappa shape index (κ1) is 15.1. The predicted molar refractivity (Wildman–Crippen MR) is 76.1 cm³/mol. The van der Waals surface area contributed by atoms with Crippen LogP contribution in [0.25, 0.3) is 0 Å². The number of ether oxygens (including phenoxy) is 1. The van der Waals surface area contributed by atoms with E-state index in [0.29, 0.717) is 18.1 Å². The van der Waals surface area contributed by atoms with Gasteiger partial charge in [0.05, 0.1) is 35.9 Å². The first-order chi connectivity index (χ1) is 9.43. The summed E-state index contributed by atoms with van der Waals surface area (Å²) in [6.07, 6.45) is -1.53. The smallest absolute Gasteiger partial charge is 0.312 e. The van der Waals surface area contributed by atoms with E-state index < -0.39 is 12.2 Å². The van der Waals surface area contributed by atoms with E-state index in [9.17, 15) is 15.0 Å². The normalized spacial score (nSPS) is 23.8. The minimum atomic E-state index is -0.764. The number of benzene rings is 1. The highest BCUT2D eigenvalue weighted by Gasteiger charge is 2.30. The number of halogens is 1. The Hall–Kier alpha value is -1.30. The van der Waals surface area contributed by atoms with Crippen LogP contribution in [0.3, 0.4) is 0 Å². The molecule has 1 aromatic carbocycles. The largest absolute Gasteiger partial charge is 0.469 e. The molecule has 0 bridgehead atoms. The molecule has 2 N–H and O–H groups in total. The number of aliphatic hydroxyl groups excluding tert-OH is 2. The maximum atomic E-state index is 11.5. The molecule has 3 unspecified atom stereocenters. The monoisotopic (exact) mass is 299 g/mol. The lowest BCUT2D eigenvalue weighted by Gasteiger charge is -2.20. The van der Waals surface area contributed by atoms with Gasteiger partial charge >= 0.3 is 5.97 Å². The van der Waals surface area contributed by atoms with Crippen LogP contribution in [-0.2, 0) is 9.53 Å². The summed E-state index contributed by atoms with van der Waals surface area (Å²) in [5, 5.41) is 19.6. The minimum absolute atomic E-state index is 0.319. The number of rotatable bonds is 3. The van der Waals surface area contributed by atoms with E-state index in [2.05, 4.69) is 0 Å². The number of carbonyl (C=O) groups is 1. The van der Waals surface area contributed by atoms with Gasteiger partial charge in [-0.3, -0.25) is 4.79 Å². The summed E-state index contributed by atoms with van der Waals surface area (Å²) < 4.78 is 4.71. The standard InChI is InChI=1S/C14H18ClNO4/c1-8(14(19)20-2)9-3-4-11(10(15)5-9)16-6-12(17)13(18)7-16/h3-5,8,12-13,17-18H,6-7H2,1-2H3. The maximum absolute atomic E-state index is 11.5. The van der Waals surface area contributed by atoms with Crippen molar-refractivity contribution in [1.29, 1.82) is 0 Å². The lowest BCUT2D eigenvalue weighted by molar-refractivity contribution is -0.141. The Kier molecular flexibility index (Phi) is 4.52. The van der Waals surface area contributed by atoms with Gasteiger partial charge in [0, 0.05) is 13.1 Å². The van der Waals surface area contributed by atoms with Gasteiger partial charge in [0.2, 0.25) is 0 Å². The number of anilines is 1. The molecule has 1 fully saturated rings. The number of hydrogen-bond acceptors (Lipinski definition) is 5. The molecule has 0 saturated carbocycles. The van der Waals surface area contributed by atoms with Crippen molar-refractivity contribution < 1.29 is 19.7 Å². The molecular weight excluding hydrogens is 282 g/mol. The summed E-state index contributed by atoms with van der Waals surface area (Å²) in [6, 6.07) is 5.32. The van der Waals surface area contributed by atoms with Crippen molar-refractivity contribution in [2.24, 2.45) is 0 Å². The van der Waals surface area contributed by atoms with Gasteiger partial charge in [0.1, 0.15) is 0 Å². The topological polar surface area (TPSA) is 70.0 Å². The first-order valence-electron chi connectivity index (χ1n) is 6.42. The number of esters is 1. The molecule has 5 nitrogen and oxygen atoms in total. The zero-order chi connectivity index (χ0) is 14.9. The van der Waals surface area contributed by atoms with Gasteiger partial charge in [-0.15, -0.1) is 0 Å². The zero-order valence-electron chi connectivity index (χ0n) is 11.4. The molecule has 3 atom stereocenters. The Morgan fingerprint density at radius 2 is 2.00 bits per heavy atom. The quantitative estimate of drug-likeness (QED) is 0.820. The number of methoxy groups -OCH3 is 1. The van der Waals surface area contributed by atoms with Crippen LogP contribution in [0.5, 0.6) is 0 Å². The van der Waals surface area contributed by atoms with Crippen LogP contribution in [0, 0.1) is 0 Å². The molecule has 1 saturated heterocycles. The van der Waals surface area contributed by atoms with Crippen LogP contribution >= 0.6 is 11.6 Å². The SMILES string of the molecule is COC(=O)C(C)c1ccc(N2CC(O)C(O)C2)c(Cl)c1. The summed E-state index contributed by atoms with van der Waals surface area (Å²) in [5.74, 6) is -0.706. The summed E-state index contributed by atoms with van der Waals surface area (Å²) in [6.45, 7) is 2.43. The van der Waals surface area contributed by atoms with Gasteiger partial charge in [-0.25, -0.2) is 0 Å². The lowest BCUT2D eigenvalue weighted by Crippen LogP contribution is -2.22. The molecule has 0 spiro atoms. The molecule has 6 heteroatoms. The summed E-state index contributed by atoms with van der Waals surface area (Å²) in [7, 11) is 1.35. The third kappa shape index (κ3) is 2.90. The Morgan fingerprint density at radius 3 is 2.50 bits per heavy atom. The average Bonchev–Trinajstić information content (AvgIpc) is 2.76. The van der Waals surface area contributed by atoms with Gasteiger partial charge in [-0.05, 0) is 24.6 Å². The summed E-state index contributed by atoms with van der Waals surface area (Å²) in [5.41, 5.74) is 1.51. The number of β-amino-alcohol motifs (C(OH)–C–C–N with tert-alkyl or cyclic N) is 2. The number of carbonyl (C=O) groups excluding carboxylic acids is 1. The van der Waals surface area contributed by atoms with E-state index in [1.54, 1.807) is 25.1 Å². The van der Waals surface area contributed by atoms with Crippen LogP contribution in [-0.4, -0.2) is 48.6 Å². The van der Waals surface area contributed by atoms with E-state index in [1.807, 2.05) is 4.90 Å². The van der Waals surface area contributed by atoms with Crippen LogP contribution < -0.4 is 4.90 Å². The Balaban J connectivity index is 2.20. The molecule has 0 amide bonds. The number of hydrogen-bond donors (Lipinski definition) is 2. The Morgan fingerprint density at radius 1 is 1.40 bits per heavy atom. The molecule has 1 aliphatic heterocycles. The minimum Gasteiger partial charge on any atom is -0.469 e. The summed E-state index contributed by atoms with van der Waals surface area (Å²) >= 11 is 6.24. The number of nitrogens with zero attached hydrogens (tertiary/aromatic N) is 1. The van der Waals surface area contributed by atoms with Crippen molar-refractivity contribution in [2.75, 3.05) is 25.1 Å². The molecule has 1 aliphatic rings. The molecule has 1 heterocycles. The summed E-state index contributed by atoms with van der Waals surface area (Å²) in [4.78, 5) is 13.3. The average molecular weight is 300 g/mol. The molecular formula is C14H18ClNO4. The highest BCUT2D eigenvalue weighted by Crippen LogP contribution is 2.32. The van der Waals surface area contributed by atoms with Crippen molar-refractivity contribution in [1.82, 2.24) is 0 Å². The Bertz CT molecular complexity index is 498. The third-order valence-electron chi connectivity index (χ3n) is 3.63. The van der Waals surface area contributed by atoms with Gasteiger partial charge in [0.15, 0.2) is 0 Å². The number of aliphatic hydroxyl groups is 2. The fraction of sp³-hybridized carbons (Fsp3) is 0.500. The van der Waals surface area contributed by atoms with E-state index in [-0.39, 0.29) is 11.9 Å². The van der Waals surface area contributed by atoms with E-state index in [1.165, 1.54) is 7.11 Å². The third-order valence-corrected chi connectivity index (χ3v) is 3.93. The first-order valence-corrected chi connectivity index (χ1v) is 6.80. The van der Waals surface area contributed by atoms with Gasteiger partial charge in [-0.1, -0.05) is 17.7 Å². The Labute approximate surface area is 122 Å².